The molecule has 0 amide bonds. The summed E-state index contributed by atoms with van der Waals surface area (Å²) in [5.41, 5.74) is 13.6. The molecule has 8 aromatic rings. The number of aliphatic hydroxyl groups is 8. The van der Waals surface area contributed by atoms with E-state index in [1.807, 2.05) is 252 Å². The number of nitrogens with one attached hydrogen (secondary N) is 4. The summed E-state index contributed by atoms with van der Waals surface area (Å²) in [6.07, 6.45) is -6.35. The molecule has 0 saturated carbocycles. The van der Waals surface area contributed by atoms with Gasteiger partial charge in [0.25, 0.3) is 0 Å². The quantitative estimate of drug-likeness (QED) is 0.0131. The van der Waals surface area contributed by atoms with Crippen molar-refractivity contribution in [3.63, 3.8) is 0 Å². The van der Waals surface area contributed by atoms with Gasteiger partial charge in [0.15, 0.2) is 0 Å². The smallest absolute Gasteiger partial charge is 0.478 e. The van der Waals surface area contributed by atoms with E-state index in [1.54, 1.807) is 0 Å². The molecule has 768 valence electrons. The van der Waals surface area contributed by atoms with Gasteiger partial charge in [0, 0.05) is 101 Å². The van der Waals surface area contributed by atoms with Gasteiger partial charge in [-0.2, -0.15) is 0 Å². The number of nitrogens with zero attached hydrogens (tertiary/aromatic N) is 2. The molecule has 8 aromatic carbocycles. The van der Waals surface area contributed by atoms with E-state index in [-0.39, 0.29) is 257 Å². The molecule has 0 aliphatic carbocycles. The van der Waals surface area contributed by atoms with Crippen molar-refractivity contribution in [3.8, 4) is 46.0 Å². The van der Waals surface area contributed by atoms with Gasteiger partial charge in [0.05, 0.1) is 0 Å². The number of para-hydroxylation sites is 8. The lowest BCUT2D eigenvalue weighted by Gasteiger charge is -2.63. The minimum absolute atomic E-state index is 0.00353. The number of ether oxygens (including phenoxy) is 8. The van der Waals surface area contributed by atoms with Crippen molar-refractivity contribution in [3.05, 3.63) is 243 Å². The Kier molecular flexibility index (Phi) is 44.8. The third-order valence-corrected chi connectivity index (χ3v) is 60.8. The Morgan fingerprint density at radius 3 is 0.529 bits per heavy atom. The topological polar surface area (TPSA) is 453 Å². The molecule has 6 saturated heterocycles. The summed E-state index contributed by atoms with van der Waals surface area (Å²) in [5, 5.41) is 109. The summed E-state index contributed by atoms with van der Waals surface area (Å²) in [6, 6.07) is 73.6. The fourth-order valence-electron chi connectivity index (χ4n) is 16.9. The summed E-state index contributed by atoms with van der Waals surface area (Å²) in [4.78, 5) is 3.87. The largest absolute Gasteiger partial charge is 0.491 e. The summed E-state index contributed by atoms with van der Waals surface area (Å²) in [6.45, 7) is 1.62. The van der Waals surface area contributed by atoms with Crippen molar-refractivity contribution in [2.24, 2.45) is 11.5 Å². The minimum atomic E-state index is -4.93. The van der Waals surface area contributed by atoms with Crippen molar-refractivity contribution in [2.45, 2.75) is 149 Å². The fourth-order valence-corrected chi connectivity index (χ4v) is 67.3. The van der Waals surface area contributed by atoms with E-state index < -0.39 is 119 Å². The van der Waals surface area contributed by atoms with Gasteiger partial charge in [-0.25, -0.2) is 0 Å². The van der Waals surface area contributed by atoms with Crippen LogP contribution in [0.15, 0.2) is 243 Å². The molecular weight excluding hydrogens is 1940 g/mol. The molecule has 0 spiro atoms. The average molecular weight is 2080 g/mol. The van der Waals surface area contributed by atoms with Crippen LogP contribution in [0, 0.1) is 0 Å². The van der Waals surface area contributed by atoms with Gasteiger partial charge in [-0.3, -0.25) is 9.80 Å². The molecule has 0 radical (unpaired) electrons. The summed E-state index contributed by atoms with van der Waals surface area (Å²) < 4.78 is 149. The molecule has 12 unspecified atom stereocenters. The zero-order chi connectivity index (χ0) is 97.9. The highest BCUT2D eigenvalue weighted by Crippen LogP contribution is 2.55. The maximum atomic E-state index is 12.1. The number of aliphatic hydroxyl groups excluding tert-OH is 8. The van der Waals surface area contributed by atoms with Crippen LogP contribution in [-0.4, -0.2) is 327 Å². The second-order valence-corrected chi connectivity index (χ2v) is 60.4. The van der Waals surface area contributed by atoms with E-state index in [0.717, 1.165) is 0 Å². The Labute approximate surface area is 830 Å². The number of rotatable bonds is 70. The molecule has 0 aromatic heterocycles. The first-order valence-electron chi connectivity index (χ1n) is 49.1. The molecule has 36 nitrogen and oxygen atoms in total. The van der Waals surface area contributed by atoms with E-state index in [9.17, 15) is 40.9 Å². The Bertz CT molecular complexity index is 4180. The highest BCUT2D eigenvalue weighted by molar-refractivity contribution is 7.03. The van der Waals surface area contributed by atoms with Crippen LogP contribution in [0.2, 0.25) is 48.4 Å². The van der Waals surface area contributed by atoms with Crippen molar-refractivity contribution >= 4 is 70.4 Å². The lowest BCUT2D eigenvalue weighted by atomic mass is 10.2. The molecular formula is C96H144N8O28Si8. The molecule has 44 heteroatoms. The van der Waals surface area contributed by atoms with Crippen LogP contribution in [0.5, 0.6) is 46.0 Å². The number of hydrogen-bond donors (Lipinski definition) is 14. The first-order valence-corrected chi connectivity index (χ1v) is 64.5. The van der Waals surface area contributed by atoms with Crippen molar-refractivity contribution in [1.82, 2.24) is 31.1 Å². The van der Waals surface area contributed by atoms with Crippen LogP contribution in [0.25, 0.3) is 0 Å². The van der Waals surface area contributed by atoms with E-state index in [2.05, 4.69) is 21.3 Å². The van der Waals surface area contributed by atoms with E-state index in [0.29, 0.717) is 46.0 Å². The first-order chi connectivity index (χ1) is 68.1. The van der Waals surface area contributed by atoms with Gasteiger partial charge < -0.3 is 161 Å². The van der Waals surface area contributed by atoms with Crippen LogP contribution < -0.4 is 70.6 Å². The maximum absolute atomic E-state index is 12.1. The highest BCUT2D eigenvalue weighted by atomic mass is 28.6. The number of benzene rings is 8. The Morgan fingerprint density at radius 1 is 0.214 bits per heavy atom. The lowest BCUT2D eigenvalue weighted by Crippen LogP contribution is -2.88. The number of nitrogens with two attached hydrogens (primary N) is 2. The molecule has 6 heterocycles. The van der Waals surface area contributed by atoms with Crippen LogP contribution in [0.4, 0.5) is 0 Å². The fraction of sp³-hybridized carbons (Fsp3) is 0.500. The Morgan fingerprint density at radius 2 is 0.364 bits per heavy atom. The number of hydrogen-bond acceptors (Lipinski definition) is 36. The van der Waals surface area contributed by atoms with Gasteiger partial charge in [-0.1, -0.05) is 146 Å². The van der Waals surface area contributed by atoms with Gasteiger partial charge in [0.1, 0.15) is 148 Å². The van der Waals surface area contributed by atoms with E-state index in [4.69, 9.17) is 98.7 Å². The first kappa shape index (κ1) is 110. The van der Waals surface area contributed by atoms with E-state index in [1.165, 1.54) is 0 Å². The SMILES string of the molecule is NCCC[Si]12O[Si]3(CCCNCC(O)COc4ccccc4)O[Si]4(CCCNCC(O)COc5ccccc5)O[Si]5(CCCN)O[Si](CCCNCC(O)COc6ccccc6)(O[Si](CCCNCC(O)COc6ccccc6)(O1)O[Si](CCCN(CC(O)COc1ccccc1)CC(O)COc1ccccc1)(O5)O3)O[Si](CCCN(CC(O)COc1ccccc1)CC(O)COc1ccccc1)(O2)O4. The predicted octanol–water partition coefficient (Wildman–Crippen LogP) is 7.28. The Hall–Kier alpha value is -7.22. The third kappa shape index (κ3) is 36.8. The molecule has 16 N–H and O–H groups in total. The molecule has 8 bridgehead atoms. The molecule has 12 atom stereocenters. The van der Waals surface area contributed by atoms with Crippen LogP contribution in [0.3, 0.4) is 0 Å². The second kappa shape index (κ2) is 57.0. The minimum Gasteiger partial charge on any atom is -0.491 e. The predicted molar refractivity (Wildman–Crippen MR) is 540 cm³/mol. The normalized spacial score (nSPS) is 24.3. The zero-order valence-corrected chi connectivity index (χ0v) is 87.8. The van der Waals surface area contributed by atoms with E-state index >= 15 is 0 Å². The van der Waals surface area contributed by atoms with Gasteiger partial charge in [-0.05, 0) is 201 Å². The summed E-state index contributed by atoms with van der Waals surface area (Å²) >= 11 is 0. The Balaban J connectivity index is 0.934. The van der Waals surface area contributed by atoms with Crippen LogP contribution in [0.1, 0.15) is 51.4 Å². The standard InChI is InChI=1S/C96H144N8O28Si8/c97-49-25-57-133-121-135(59-27-51-99-65-81(105)73-113-89-33-9-1-10-34-89)127-136(60-28-52-100-66-82(106)74-114-90-35-11-2-12-36-90)123-134(58-26-50-98)124-138(62-30-54-102-68-84(108)76-116-92-39-15-4-16-40-92,132-140(125-133,130-136)64-32-56-104(71-87(111)79-119-95-45-21-7-22-46-95)72-88(112)80-120-96-47-23-8-24-48-96)128-137(122-133,61-29-53-101-67-83(107)75-115-91-37-13-3-14-38-91)131-139(126-134,129-135)63-31-55-103(69-85(109)77-117-93-41-17-5-18-42-93)70-86(110)78-118-94-43-19-6-20-44-94/h1-24,33-48,81-88,99-102,105-112H,25-32,49-80,97-98H2. The molecule has 6 aliphatic heterocycles. The molecule has 14 rings (SSSR count). The van der Waals surface area contributed by atoms with Crippen molar-refractivity contribution in [2.75, 3.05) is 158 Å². The van der Waals surface area contributed by atoms with Crippen LogP contribution in [-0.2, 0) is 49.4 Å². The average Bonchev–Trinajstić information content (AvgIpc) is 0.684. The van der Waals surface area contributed by atoms with Gasteiger partial charge >= 0.3 is 70.4 Å². The van der Waals surface area contributed by atoms with Crippen molar-refractivity contribution < 1.29 is 128 Å². The molecule has 140 heavy (non-hydrogen) atoms. The van der Waals surface area contributed by atoms with Gasteiger partial charge in [0.2, 0.25) is 0 Å². The van der Waals surface area contributed by atoms with Gasteiger partial charge in [-0.15, -0.1) is 0 Å². The maximum Gasteiger partial charge on any atom is 0.478 e. The molecule has 6 fully saturated rings. The summed E-state index contributed by atoms with van der Waals surface area (Å²) in [7, 11) is -39.1. The zero-order valence-electron chi connectivity index (χ0n) is 79.8. The second-order valence-electron chi connectivity index (χ2n) is 35.7. The third-order valence-electron chi connectivity index (χ3n) is 23.2. The van der Waals surface area contributed by atoms with Crippen LogP contribution >= 0.6 is 0 Å². The monoisotopic (exact) mass is 2080 g/mol. The molecule has 6 aliphatic rings. The summed E-state index contributed by atoms with van der Waals surface area (Å²) in [5.74, 6) is 4.62. The highest BCUT2D eigenvalue weighted by Gasteiger charge is 2.83. The lowest BCUT2D eigenvalue weighted by molar-refractivity contribution is -0.0315. The van der Waals surface area contributed by atoms with Crippen molar-refractivity contribution in [1.29, 1.82) is 0 Å².